The largest absolute Gasteiger partial charge is 0.378 e. The number of hydrogen-bond donors (Lipinski definition) is 0. The standard InChI is InChI=1S/C18H26N4O4/c1-2-16(24-12-4-8-20)18(26-14-6-10-22)17(25-13-5-9-21)15-23-11-3-7-19/h16-18H,2-6,11-15H2,1H3. The van der Waals surface area contributed by atoms with Gasteiger partial charge in [0, 0.05) is 0 Å². The van der Waals surface area contributed by atoms with Gasteiger partial charge >= 0.3 is 0 Å². The second-order valence-corrected chi connectivity index (χ2v) is 5.27. The summed E-state index contributed by atoms with van der Waals surface area (Å²) in [5.74, 6) is 0. The maximum Gasteiger partial charge on any atom is 0.112 e. The van der Waals surface area contributed by atoms with Crippen LogP contribution in [0, 0.1) is 45.3 Å². The van der Waals surface area contributed by atoms with Crippen LogP contribution in [0.1, 0.15) is 39.0 Å². The Bertz CT molecular complexity index is 515. The highest BCUT2D eigenvalue weighted by atomic mass is 16.6. The molecule has 0 heterocycles. The van der Waals surface area contributed by atoms with Gasteiger partial charge in [0.1, 0.15) is 12.2 Å². The zero-order valence-electron chi connectivity index (χ0n) is 15.2. The van der Waals surface area contributed by atoms with Crippen molar-refractivity contribution >= 4 is 0 Å². The van der Waals surface area contributed by atoms with Gasteiger partial charge < -0.3 is 18.9 Å². The Balaban J connectivity index is 5.04. The first kappa shape index (κ1) is 23.8. The monoisotopic (exact) mass is 362 g/mol. The van der Waals surface area contributed by atoms with Gasteiger partial charge in [0.15, 0.2) is 0 Å². The first-order valence-corrected chi connectivity index (χ1v) is 8.65. The molecule has 0 N–H and O–H groups in total. The third-order valence-corrected chi connectivity index (χ3v) is 3.39. The molecule has 26 heavy (non-hydrogen) atoms. The maximum atomic E-state index is 8.74. The van der Waals surface area contributed by atoms with E-state index in [9.17, 15) is 0 Å². The van der Waals surface area contributed by atoms with Gasteiger partial charge in [0.05, 0.1) is 89.1 Å². The van der Waals surface area contributed by atoms with Crippen LogP contribution in [0.3, 0.4) is 0 Å². The number of nitriles is 4. The Kier molecular flexibility index (Phi) is 16.1. The predicted octanol–water partition coefficient (Wildman–Crippen LogP) is 2.22. The summed E-state index contributed by atoms with van der Waals surface area (Å²) in [5, 5.41) is 34.7. The molecule has 3 atom stereocenters. The molecule has 0 radical (unpaired) electrons. The zero-order valence-corrected chi connectivity index (χ0v) is 15.2. The van der Waals surface area contributed by atoms with Crippen molar-refractivity contribution in [2.24, 2.45) is 0 Å². The van der Waals surface area contributed by atoms with E-state index in [0.29, 0.717) is 6.42 Å². The van der Waals surface area contributed by atoms with E-state index in [1.165, 1.54) is 0 Å². The SMILES string of the molecule is CCC(OCCC#N)C(OCCC#N)C(COCCC#N)OCCC#N. The molecule has 0 aromatic carbocycles. The highest BCUT2D eigenvalue weighted by Crippen LogP contribution is 2.17. The van der Waals surface area contributed by atoms with Crippen LogP contribution in [0.2, 0.25) is 0 Å². The molecule has 142 valence electrons. The van der Waals surface area contributed by atoms with Gasteiger partial charge in [-0.15, -0.1) is 0 Å². The third kappa shape index (κ3) is 11.4. The molecule has 3 unspecified atom stereocenters. The van der Waals surface area contributed by atoms with Crippen LogP contribution >= 0.6 is 0 Å². The molecule has 0 aliphatic carbocycles. The van der Waals surface area contributed by atoms with E-state index >= 15 is 0 Å². The van der Waals surface area contributed by atoms with Crippen molar-refractivity contribution in [1.29, 1.82) is 21.0 Å². The molecule has 8 heteroatoms. The Morgan fingerprint density at radius 1 is 0.654 bits per heavy atom. The smallest absolute Gasteiger partial charge is 0.112 e. The first-order valence-electron chi connectivity index (χ1n) is 8.65. The first-order chi connectivity index (χ1) is 12.7. The molecular formula is C18H26N4O4. The molecule has 0 aromatic rings. The average molecular weight is 362 g/mol. The fraction of sp³-hybridized carbons (Fsp3) is 0.778. The lowest BCUT2D eigenvalue weighted by Gasteiger charge is -2.32. The van der Waals surface area contributed by atoms with Crippen LogP contribution in [-0.4, -0.2) is 51.3 Å². The molecule has 0 rings (SSSR count). The summed E-state index contributed by atoms with van der Waals surface area (Å²) in [6.07, 6.45) is 0.255. The van der Waals surface area contributed by atoms with Crippen LogP contribution < -0.4 is 0 Å². The molecule has 0 aliphatic rings. The molecule has 0 amide bonds. The van der Waals surface area contributed by atoms with E-state index in [4.69, 9.17) is 40.0 Å². The van der Waals surface area contributed by atoms with Gasteiger partial charge in [-0.1, -0.05) is 6.92 Å². The molecular weight excluding hydrogens is 336 g/mol. The minimum absolute atomic E-state index is 0.183. The van der Waals surface area contributed by atoms with Crippen LogP contribution in [0.15, 0.2) is 0 Å². The number of hydrogen-bond acceptors (Lipinski definition) is 8. The Morgan fingerprint density at radius 3 is 1.62 bits per heavy atom. The Labute approximate surface area is 155 Å². The number of nitrogens with zero attached hydrogens (tertiary/aromatic N) is 4. The molecule has 0 bridgehead atoms. The summed E-state index contributed by atoms with van der Waals surface area (Å²) < 4.78 is 22.8. The second-order valence-electron chi connectivity index (χ2n) is 5.27. The summed E-state index contributed by atoms with van der Waals surface area (Å²) in [6, 6.07) is 8.07. The van der Waals surface area contributed by atoms with Gasteiger partial charge in [-0.2, -0.15) is 21.0 Å². The number of ether oxygens (including phenoxy) is 4. The van der Waals surface area contributed by atoms with E-state index in [-0.39, 0.29) is 64.8 Å². The zero-order chi connectivity index (χ0) is 19.5. The van der Waals surface area contributed by atoms with Crippen molar-refractivity contribution in [1.82, 2.24) is 0 Å². The van der Waals surface area contributed by atoms with E-state index in [2.05, 4.69) is 0 Å². The van der Waals surface area contributed by atoms with Crippen LogP contribution in [0.25, 0.3) is 0 Å². The quantitative estimate of drug-likeness (QED) is 0.382. The lowest BCUT2D eigenvalue weighted by Crippen LogP contribution is -2.45. The Morgan fingerprint density at radius 2 is 1.12 bits per heavy atom. The summed E-state index contributed by atoms with van der Waals surface area (Å²) >= 11 is 0. The van der Waals surface area contributed by atoms with Crippen molar-refractivity contribution in [2.75, 3.05) is 33.0 Å². The second kappa shape index (κ2) is 17.6. The highest BCUT2D eigenvalue weighted by molar-refractivity contribution is 4.82. The fourth-order valence-corrected chi connectivity index (χ4v) is 2.21. The highest BCUT2D eigenvalue weighted by Gasteiger charge is 2.31. The molecule has 0 aliphatic heterocycles. The van der Waals surface area contributed by atoms with Crippen molar-refractivity contribution < 1.29 is 18.9 Å². The summed E-state index contributed by atoms with van der Waals surface area (Å²) in [6.45, 7) is 3.09. The molecule has 8 nitrogen and oxygen atoms in total. The van der Waals surface area contributed by atoms with Crippen LogP contribution in [0.5, 0.6) is 0 Å². The lowest BCUT2D eigenvalue weighted by atomic mass is 10.1. The van der Waals surface area contributed by atoms with Crippen molar-refractivity contribution in [3.8, 4) is 24.3 Å². The third-order valence-electron chi connectivity index (χ3n) is 3.39. The van der Waals surface area contributed by atoms with E-state index in [1.54, 1.807) is 0 Å². The van der Waals surface area contributed by atoms with E-state index in [1.807, 2.05) is 31.2 Å². The van der Waals surface area contributed by atoms with Gasteiger partial charge in [-0.25, -0.2) is 0 Å². The lowest BCUT2D eigenvalue weighted by molar-refractivity contribution is -0.154. The van der Waals surface area contributed by atoms with E-state index in [0.717, 1.165) is 0 Å². The normalized spacial score (nSPS) is 13.6. The average Bonchev–Trinajstić information content (AvgIpc) is 2.65. The van der Waals surface area contributed by atoms with Crippen molar-refractivity contribution in [3.63, 3.8) is 0 Å². The maximum absolute atomic E-state index is 8.74. The van der Waals surface area contributed by atoms with Gasteiger partial charge in [-0.3, -0.25) is 0 Å². The van der Waals surface area contributed by atoms with E-state index < -0.39 is 12.2 Å². The van der Waals surface area contributed by atoms with Crippen molar-refractivity contribution in [2.45, 2.75) is 57.3 Å². The van der Waals surface area contributed by atoms with Crippen molar-refractivity contribution in [3.05, 3.63) is 0 Å². The van der Waals surface area contributed by atoms with Gasteiger partial charge in [-0.05, 0) is 6.42 Å². The van der Waals surface area contributed by atoms with Gasteiger partial charge in [0.2, 0.25) is 0 Å². The summed E-state index contributed by atoms with van der Waals surface area (Å²) in [4.78, 5) is 0. The predicted molar refractivity (Wildman–Crippen MR) is 91.3 cm³/mol. The summed E-state index contributed by atoms with van der Waals surface area (Å²) in [7, 11) is 0. The molecule has 0 saturated heterocycles. The fourth-order valence-electron chi connectivity index (χ4n) is 2.21. The van der Waals surface area contributed by atoms with Crippen LogP contribution in [0.4, 0.5) is 0 Å². The number of rotatable bonds is 16. The molecule has 0 fully saturated rings. The molecule has 0 spiro atoms. The van der Waals surface area contributed by atoms with Crippen LogP contribution in [-0.2, 0) is 18.9 Å². The summed E-state index contributed by atoms with van der Waals surface area (Å²) in [5.41, 5.74) is 0. The minimum Gasteiger partial charge on any atom is -0.378 e. The topological polar surface area (TPSA) is 132 Å². The minimum atomic E-state index is -0.507. The van der Waals surface area contributed by atoms with Gasteiger partial charge in [0.25, 0.3) is 0 Å². The molecule has 0 aromatic heterocycles. The Hall–Kier alpha value is -2.20. The molecule has 0 saturated carbocycles.